The first-order valence-electron chi connectivity index (χ1n) is 5.20. The van der Waals surface area contributed by atoms with Gasteiger partial charge in [-0.15, -0.1) is 0 Å². The molecule has 84 valence electrons. The maximum Gasteiger partial charge on any atom is 0.120 e. The largest absolute Gasteiger partial charge is 0.493 e. The average molecular weight is 237 g/mol. The highest BCUT2D eigenvalue weighted by molar-refractivity contribution is 6.30. The summed E-state index contributed by atoms with van der Waals surface area (Å²) in [4.78, 5) is 0. The van der Waals surface area contributed by atoms with E-state index in [0.717, 1.165) is 18.7 Å². The molecular weight excluding hydrogens is 224 g/mol. The zero-order valence-electron chi connectivity index (χ0n) is 8.84. The van der Waals surface area contributed by atoms with Crippen LogP contribution in [0, 0.1) is 0 Å². The molecule has 4 heteroatoms. The zero-order valence-corrected chi connectivity index (χ0v) is 9.60. The van der Waals surface area contributed by atoms with Gasteiger partial charge in [-0.1, -0.05) is 17.7 Å². The van der Waals surface area contributed by atoms with Crippen molar-refractivity contribution in [3.63, 3.8) is 0 Å². The first-order valence-corrected chi connectivity index (χ1v) is 5.58. The molecule has 2 aromatic rings. The molecule has 0 spiro atoms. The Hall–Kier alpha value is -1.48. The second-order valence-electron chi connectivity index (χ2n) is 3.43. The quantitative estimate of drug-likeness (QED) is 0.747. The Morgan fingerprint density at radius 2 is 2.25 bits per heavy atom. The highest BCUT2D eigenvalue weighted by Gasteiger charge is 1.95. The fraction of sp³-hybridized carbons (Fsp3) is 0.250. The Morgan fingerprint density at radius 1 is 1.31 bits per heavy atom. The molecule has 0 bridgehead atoms. The number of aryl methyl sites for hydroxylation is 1. The normalized spacial score (nSPS) is 10.3. The summed E-state index contributed by atoms with van der Waals surface area (Å²) < 4.78 is 7.45. The molecule has 0 unspecified atom stereocenters. The first kappa shape index (κ1) is 11.0. The summed E-state index contributed by atoms with van der Waals surface area (Å²) in [5.74, 6) is 0.813. The van der Waals surface area contributed by atoms with Gasteiger partial charge in [0.25, 0.3) is 0 Å². The Labute approximate surface area is 99.6 Å². The fourth-order valence-corrected chi connectivity index (χ4v) is 1.59. The maximum absolute atomic E-state index is 5.84. The number of benzene rings is 1. The van der Waals surface area contributed by atoms with Crippen molar-refractivity contribution in [2.45, 2.75) is 13.0 Å². The molecule has 0 aliphatic heterocycles. The predicted molar refractivity (Wildman–Crippen MR) is 63.8 cm³/mol. The Kier molecular flexibility index (Phi) is 3.83. The van der Waals surface area contributed by atoms with Crippen LogP contribution in [0.4, 0.5) is 0 Å². The van der Waals surface area contributed by atoms with Gasteiger partial charge in [0.05, 0.1) is 6.61 Å². The summed E-state index contributed by atoms with van der Waals surface area (Å²) in [5.41, 5.74) is 0. The third-order valence-corrected chi connectivity index (χ3v) is 2.39. The Bertz CT molecular complexity index is 428. The van der Waals surface area contributed by atoms with Crippen LogP contribution in [0.2, 0.25) is 5.02 Å². The molecule has 0 amide bonds. The molecule has 0 radical (unpaired) electrons. The number of aromatic nitrogens is 2. The van der Waals surface area contributed by atoms with Crippen molar-refractivity contribution < 1.29 is 4.74 Å². The minimum Gasteiger partial charge on any atom is -0.493 e. The lowest BCUT2D eigenvalue weighted by molar-refractivity contribution is 0.298. The highest BCUT2D eigenvalue weighted by Crippen LogP contribution is 2.17. The van der Waals surface area contributed by atoms with Crippen molar-refractivity contribution in [1.82, 2.24) is 9.78 Å². The summed E-state index contributed by atoms with van der Waals surface area (Å²) in [6.45, 7) is 1.54. The van der Waals surface area contributed by atoms with Crippen LogP contribution in [-0.2, 0) is 6.54 Å². The van der Waals surface area contributed by atoms with Crippen molar-refractivity contribution in [3.8, 4) is 5.75 Å². The van der Waals surface area contributed by atoms with Crippen LogP contribution in [0.25, 0.3) is 0 Å². The topological polar surface area (TPSA) is 27.1 Å². The van der Waals surface area contributed by atoms with E-state index in [1.54, 1.807) is 6.20 Å². The number of rotatable bonds is 5. The van der Waals surface area contributed by atoms with Crippen molar-refractivity contribution in [2.75, 3.05) is 6.61 Å². The van der Waals surface area contributed by atoms with Gasteiger partial charge in [-0.25, -0.2) is 0 Å². The van der Waals surface area contributed by atoms with Crippen LogP contribution in [-0.4, -0.2) is 16.4 Å². The first-order chi connectivity index (χ1) is 7.84. The average Bonchev–Trinajstić information content (AvgIpc) is 2.77. The van der Waals surface area contributed by atoms with Gasteiger partial charge in [-0.3, -0.25) is 4.68 Å². The molecule has 16 heavy (non-hydrogen) atoms. The van der Waals surface area contributed by atoms with Crippen molar-refractivity contribution in [3.05, 3.63) is 47.7 Å². The lowest BCUT2D eigenvalue weighted by Gasteiger charge is -2.06. The van der Waals surface area contributed by atoms with E-state index >= 15 is 0 Å². The Morgan fingerprint density at radius 3 is 3.00 bits per heavy atom. The second kappa shape index (κ2) is 5.56. The minimum atomic E-state index is 0.667. The molecule has 0 saturated carbocycles. The zero-order chi connectivity index (χ0) is 11.2. The number of ether oxygens (including phenoxy) is 1. The molecule has 0 aliphatic carbocycles. The van der Waals surface area contributed by atoms with E-state index in [-0.39, 0.29) is 0 Å². The summed E-state index contributed by atoms with van der Waals surface area (Å²) in [6, 6.07) is 9.34. The lowest BCUT2D eigenvalue weighted by atomic mass is 10.3. The van der Waals surface area contributed by atoms with Gasteiger partial charge in [-0.05, 0) is 24.3 Å². The second-order valence-corrected chi connectivity index (χ2v) is 3.86. The number of nitrogens with zero attached hydrogens (tertiary/aromatic N) is 2. The van der Waals surface area contributed by atoms with Gasteiger partial charge in [0.2, 0.25) is 0 Å². The summed E-state index contributed by atoms with van der Waals surface area (Å²) in [6.07, 6.45) is 4.64. The Balaban J connectivity index is 1.72. The molecule has 1 aromatic carbocycles. The fourth-order valence-electron chi connectivity index (χ4n) is 1.41. The van der Waals surface area contributed by atoms with E-state index < -0.39 is 0 Å². The maximum atomic E-state index is 5.84. The molecule has 0 fully saturated rings. The van der Waals surface area contributed by atoms with Crippen LogP contribution >= 0.6 is 11.6 Å². The van der Waals surface area contributed by atoms with Gasteiger partial charge in [0.15, 0.2) is 0 Å². The van der Waals surface area contributed by atoms with Crippen LogP contribution in [0.15, 0.2) is 42.7 Å². The number of halogens is 1. The van der Waals surface area contributed by atoms with Crippen LogP contribution in [0.3, 0.4) is 0 Å². The summed E-state index contributed by atoms with van der Waals surface area (Å²) >= 11 is 5.84. The van der Waals surface area contributed by atoms with E-state index in [2.05, 4.69) is 5.10 Å². The van der Waals surface area contributed by atoms with Crippen molar-refractivity contribution >= 4 is 11.6 Å². The van der Waals surface area contributed by atoms with Gasteiger partial charge >= 0.3 is 0 Å². The van der Waals surface area contributed by atoms with Gasteiger partial charge < -0.3 is 4.74 Å². The van der Waals surface area contributed by atoms with Gasteiger partial charge in [0.1, 0.15) is 5.75 Å². The van der Waals surface area contributed by atoms with E-state index in [0.29, 0.717) is 11.6 Å². The highest BCUT2D eigenvalue weighted by atomic mass is 35.5. The summed E-state index contributed by atoms with van der Waals surface area (Å²) in [5, 5.41) is 4.81. The molecule has 0 saturated heterocycles. The standard InChI is InChI=1S/C12H13ClN2O/c13-11-4-1-5-12(10-11)16-9-3-8-15-7-2-6-14-15/h1-2,4-7,10H,3,8-9H2. The van der Waals surface area contributed by atoms with Gasteiger partial charge in [-0.2, -0.15) is 5.10 Å². The predicted octanol–water partition coefficient (Wildman–Crippen LogP) is 3.01. The van der Waals surface area contributed by atoms with Gasteiger partial charge in [0, 0.05) is 30.4 Å². The van der Waals surface area contributed by atoms with E-state index in [1.165, 1.54) is 0 Å². The van der Waals surface area contributed by atoms with Crippen LogP contribution in [0.5, 0.6) is 5.75 Å². The third-order valence-electron chi connectivity index (χ3n) is 2.16. The molecule has 0 atom stereocenters. The molecule has 1 aromatic heterocycles. The smallest absolute Gasteiger partial charge is 0.120 e. The number of hydrogen-bond donors (Lipinski definition) is 0. The third kappa shape index (κ3) is 3.28. The monoisotopic (exact) mass is 236 g/mol. The molecule has 2 rings (SSSR count). The molecule has 0 N–H and O–H groups in total. The number of hydrogen-bond acceptors (Lipinski definition) is 2. The van der Waals surface area contributed by atoms with E-state index in [4.69, 9.17) is 16.3 Å². The van der Waals surface area contributed by atoms with E-state index in [9.17, 15) is 0 Å². The van der Waals surface area contributed by atoms with E-state index in [1.807, 2.05) is 41.2 Å². The SMILES string of the molecule is Clc1cccc(OCCCn2cccn2)c1. The molecule has 1 heterocycles. The molecule has 3 nitrogen and oxygen atoms in total. The molecule has 0 aliphatic rings. The summed E-state index contributed by atoms with van der Waals surface area (Å²) in [7, 11) is 0. The van der Waals surface area contributed by atoms with Crippen molar-refractivity contribution in [1.29, 1.82) is 0 Å². The van der Waals surface area contributed by atoms with Crippen LogP contribution < -0.4 is 4.74 Å². The lowest BCUT2D eigenvalue weighted by Crippen LogP contribution is -2.04. The molecular formula is C12H13ClN2O. The van der Waals surface area contributed by atoms with Crippen LogP contribution in [0.1, 0.15) is 6.42 Å². The van der Waals surface area contributed by atoms with Crippen molar-refractivity contribution in [2.24, 2.45) is 0 Å². The minimum absolute atomic E-state index is 0.667.